The molecule has 2 saturated heterocycles. The Bertz CT molecular complexity index is 482. The molecule has 3 rings (SSSR count). The Kier molecular flexibility index (Phi) is 5.08. The van der Waals surface area contributed by atoms with Crippen LogP contribution in [0.4, 0.5) is 0 Å². The van der Waals surface area contributed by atoms with Gasteiger partial charge in [-0.25, -0.2) is 0 Å². The largest absolute Gasteiger partial charge is 0.339 e. The third-order valence-electron chi connectivity index (χ3n) is 5.25. The summed E-state index contributed by atoms with van der Waals surface area (Å²) < 4.78 is 0. The first-order chi connectivity index (χ1) is 10.7. The van der Waals surface area contributed by atoms with Crippen molar-refractivity contribution in [3.05, 3.63) is 30.1 Å². The average Bonchev–Trinajstić information content (AvgIpc) is 3.04. The first-order valence-corrected chi connectivity index (χ1v) is 8.62. The van der Waals surface area contributed by atoms with Crippen molar-refractivity contribution in [3.8, 4) is 0 Å². The van der Waals surface area contributed by atoms with Crippen LogP contribution in [0.15, 0.2) is 24.4 Å². The summed E-state index contributed by atoms with van der Waals surface area (Å²) in [5.41, 5.74) is 1.02. The minimum absolute atomic E-state index is 0.326. The fourth-order valence-corrected chi connectivity index (χ4v) is 3.93. The minimum Gasteiger partial charge on any atom is -0.339 e. The van der Waals surface area contributed by atoms with Gasteiger partial charge < -0.3 is 9.80 Å². The Hall–Kier alpha value is -1.42. The molecule has 2 aliphatic rings. The molecule has 2 aliphatic heterocycles. The first kappa shape index (κ1) is 15.5. The lowest BCUT2D eigenvalue weighted by Gasteiger charge is -2.37. The molecule has 1 aromatic heterocycles. The van der Waals surface area contributed by atoms with E-state index in [1.54, 1.807) is 6.20 Å². The maximum Gasteiger partial charge on any atom is 0.223 e. The number of hydrogen-bond acceptors (Lipinski definition) is 3. The third-order valence-corrected chi connectivity index (χ3v) is 5.25. The molecule has 1 unspecified atom stereocenters. The number of likely N-dealkylation sites (tertiary alicyclic amines) is 2. The highest BCUT2D eigenvalue weighted by atomic mass is 16.2. The van der Waals surface area contributed by atoms with Gasteiger partial charge >= 0.3 is 0 Å². The minimum atomic E-state index is 0.326. The standard InChI is InChI=1S/C18H27N3O/c1-20-13-9-15(10-14-20)17-6-4-12-21(17)18(22)8-7-16-5-2-3-11-19-16/h2-3,5,11,15,17H,4,6-10,12-14H2,1H3. The van der Waals surface area contributed by atoms with Crippen LogP contribution in [0, 0.1) is 5.92 Å². The van der Waals surface area contributed by atoms with Crippen LogP contribution in [0.5, 0.6) is 0 Å². The predicted octanol–water partition coefficient (Wildman–Crippen LogP) is 2.35. The van der Waals surface area contributed by atoms with Crippen molar-refractivity contribution in [2.75, 3.05) is 26.7 Å². The normalized spacial score (nSPS) is 23.9. The number of piperidine rings is 1. The molecule has 0 bridgehead atoms. The topological polar surface area (TPSA) is 36.4 Å². The van der Waals surface area contributed by atoms with Crippen molar-refractivity contribution in [3.63, 3.8) is 0 Å². The maximum absolute atomic E-state index is 12.6. The Labute approximate surface area is 133 Å². The van der Waals surface area contributed by atoms with E-state index in [2.05, 4.69) is 21.8 Å². The van der Waals surface area contributed by atoms with Gasteiger partial charge in [-0.3, -0.25) is 9.78 Å². The quantitative estimate of drug-likeness (QED) is 0.856. The number of carbonyl (C=O) groups is 1. The zero-order valence-electron chi connectivity index (χ0n) is 13.6. The maximum atomic E-state index is 12.6. The molecule has 120 valence electrons. The summed E-state index contributed by atoms with van der Waals surface area (Å²) in [4.78, 5) is 21.5. The Morgan fingerprint density at radius 2 is 2.05 bits per heavy atom. The highest BCUT2D eigenvalue weighted by Crippen LogP contribution is 2.31. The highest BCUT2D eigenvalue weighted by Gasteiger charge is 2.35. The number of hydrogen-bond donors (Lipinski definition) is 0. The van der Waals surface area contributed by atoms with Crippen molar-refractivity contribution in [2.24, 2.45) is 5.92 Å². The zero-order chi connectivity index (χ0) is 15.4. The van der Waals surface area contributed by atoms with E-state index >= 15 is 0 Å². The lowest BCUT2D eigenvalue weighted by atomic mass is 9.88. The van der Waals surface area contributed by atoms with Crippen molar-refractivity contribution in [1.29, 1.82) is 0 Å². The second-order valence-corrected chi connectivity index (χ2v) is 6.76. The fourth-order valence-electron chi connectivity index (χ4n) is 3.93. The van der Waals surface area contributed by atoms with E-state index in [1.807, 2.05) is 18.2 Å². The van der Waals surface area contributed by atoms with Crippen LogP contribution in [0.25, 0.3) is 0 Å². The Morgan fingerprint density at radius 1 is 1.23 bits per heavy atom. The number of pyridine rings is 1. The molecule has 0 aliphatic carbocycles. The molecular weight excluding hydrogens is 274 g/mol. The number of amides is 1. The van der Waals surface area contributed by atoms with E-state index in [-0.39, 0.29) is 0 Å². The second-order valence-electron chi connectivity index (χ2n) is 6.76. The molecule has 0 spiro atoms. The molecule has 1 amide bonds. The van der Waals surface area contributed by atoms with Crippen LogP contribution in [-0.2, 0) is 11.2 Å². The summed E-state index contributed by atoms with van der Waals surface area (Å²) >= 11 is 0. The van der Waals surface area contributed by atoms with Gasteiger partial charge in [0.25, 0.3) is 0 Å². The summed E-state index contributed by atoms with van der Waals surface area (Å²) in [6.45, 7) is 3.31. The summed E-state index contributed by atoms with van der Waals surface area (Å²) in [5.74, 6) is 1.03. The summed E-state index contributed by atoms with van der Waals surface area (Å²) in [6, 6.07) is 6.40. The number of carbonyl (C=O) groups excluding carboxylic acids is 1. The fraction of sp³-hybridized carbons (Fsp3) is 0.667. The van der Waals surface area contributed by atoms with E-state index in [4.69, 9.17) is 0 Å². The van der Waals surface area contributed by atoms with Gasteiger partial charge in [-0.05, 0) is 70.3 Å². The lowest BCUT2D eigenvalue weighted by Crippen LogP contribution is -2.44. The van der Waals surface area contributed by atoms with Crippen LogP contribution >= 0.6 is 0 Å². The van der Waals surface area contributed by atoms with Crippen LogP contribution < -0.4 is 0 Å². The Morgan fingerprint density at radius 3 is 2.77 bits per heavy atom. The summed E-state index contributed by atoms with van der Waals surface area (Å²) in [7, 11) is 2.20. The van der Waals surface area contributed by atoms with Crippen LogP contribution in [0.3, 0.4) is 0 Å². The molecule has 3 heterocycles. The van der Waals surface area contributed by atoms with E-state index < -0.39 is 0 Å². The van der Waals surface area contributed by atoms with Crippen molar-refractivity contribution in [2.45, 2.75) is 44.6 Å². The monoisotopic (exact) mass is 301 g/mol. The molecule has 2 fully saturated rings. The second kappa shape index (κ2) is 7.23. The Balaban J connectivity index is 1.54. The molecule has 1 aromatic rings. The van der Waals surface area contributed by atoms with Gasteiger partial charge in [0.2, 0.25) is 5.91 Å². The van der Waals surface area contributed by atoms with Crippen molar-refractivity contribution < 1.29 is 4.79 Å². The van der Waals surface area contributed by atoms with Gasteiger partial charge in [-0.2, -0.15) is 0 Å². The van der Waals surface area contributed by atoms with Crippen molar-refractivity contribution in [1.82, 2.24) is 14.8 Å². The lowest BCUT2D eigenvalue weighted by molar-refractivity contribution is -0.133. The zero-order valence-corrected chi connectivity index (χ0v) is 13.6. The van der Waals surface area contributed by atoms with Crippen LogP contribution in [-0.4, -0.2) is 53.4 Å². The number of rotatable bonds is 4. The van der Waals surface area contributed by atoms with Gasteiger partial charge in [-0.1, -0.05) is 6.07 Å². The van der Waals surface area contributed by atoms with E-state index in [9.17, 15) is 4.79 Å². The molecule has 22 heavy (non-hydrogen) atoms. The molecular formula is C18H27N3O. The van der Waals surface area contributed by atoms with Crippen molar-refractivity contribution >= 4 is 5.91 Å². The number of aryl methyl sites for hydroxylation is 1. The molecule has 1 atom stereocenters. The molecule has 0 saturated carbocycles. The number of aromatic nitrogens is 1. The number of nitrogens with zero attached hydrogens (tertiary/aromatic N) is 3. The van der Waals surface area contributed by atoms with Gasteiger partial charge in [-0.15, -0.1) is 0 Å². The molecule has 0 aromatic carbocycles. The van der Waals surface area contributed by atoms with E-state index in [1.165, 1.54) is 38.8 Å². The summed E-state index contributed by atoms with van der Waals surface area (Å²) in [5, 5.41) is 0. The highest BCUT2D eigenvalue weighted by molar-refractivity contribution is 5.77. The van der Waals surface area contributed by atoms with Gasteiger partial charge in [0.1, 0.15) is 0 Å². The van der Waals surface area contributed by atoms with Gasteiger partial charge in [0.05, 0.1) is 0 Å². The average molecular weight is 301 g/mol. The van der Waals surface area contributed by atoms with Gasteiger partial charge in [0.15, 0.2) is 0 Å². The third kappa shape index (κ3) is 3.67. The molecule has 0 radical (unpaired) electrons. The molecule has 4 heteroatoms. The van der Waals surface area contributed by atoms with Crippen LogP contribution in [0.2, 0.25) is 0 Å². The SMILES string of the molecule is CN1CCC(C2CCCN2C(=O)CCc2ccccn2)CC1. The van der Waals surface area contributed by atoms with E-state index in [0.717, 1.165) is 18.7 Å². The van der Waals surface area contributed by atoms with E-state index in [0.29, 0.717) is 24.3 Å². The molecule has 0 N–H and O–H groups in total. The predicted molar refractivity (Wildman–Crippen MR) is 87.5 cm³/mol. The summed E-state index contributed by atoms with van der Waals surface area (Å²) in [6.07, 6.45) is 8.01. The molecule has 4 nitrogen and oxygen atoms in total. The smallest absolute Gasteiger partial charge is 0.223 e. The van der Waals surface area contributed by atoms with Crippen LogP contribution in [0.1, 0.15) is 37.8 Å². The van der Waals surface area contributed by atoms with Gasteiger partial charge in [0, 0.05) is 30.9 Å². The first-order valence-electron chi connectivity index (χ1n) is 8.62.